The molecular formula is C32H38F2N2O5S2. The number of hydrogen-bond donors (Lipinski definition) is 0. The molecule has 4 rings (SSSR count). The average molecular weight is 633 g/mol. The van der Waals surface area contributed by atoms with Gasteiger partial charge in [-0.1, -0.05) is 36.4 Å². The summed E-state index contributed by atoms with van der Waals surface area (Å²) in [5.74, 6) is -2.30. The third kappa shape index (κ3) is 8.27. The number of carbonyl (C=O) groups excluding carboxylic acids is 1. The number of benzene rings is 3. The van der Waals surface area contributed by atoms with Crippen molar-refractivity contribution in [2.24, 2.45) is 0 Å². The van der Waals surface area contributed by atoms with Gasteiger partial charge in [0, 0.05) is 44.1 Å². The van der Waals surface area contributed by atoms with E-state index in [1.807, 2.05) is 11.8 Å². The summed E-state index contributed by atoms with van der Waals surface area (Å²) in [6.07, 6.45) is 4.51. The Balaban J connectivity index is 1.40. The molecule has 0 aromatic heterocycles. The maximum atomic E-state index is 14.9. The van der Waals surface area contributed by atoms with Crippen LogP contribution in [0.4, 0.5) is 8.78 Å². The minimum atomic E-state index is -3.39. The number of likely N-dealkylation sites (N-methyl/N-ethyl adjacent to an activating group) is 1. The highest BCUT2D eigenvalue weighted by Crippen LogP contribution is 2.32. The molecule has 3 aromatic rings. The molecule has 1 heterocycles. The Labute approximate surface area is 253 Å². The summed E-state index contributed by atoms with van der Waals surface area (Å²) in [4.78, 5) is 17.7. The first kappa shape index (κ1) is 32.8. The summed E-state index contributed by atoms with van der Waals surface area (Å²) >= 11 is 0. The van der Waals surface area contributed by atoms with Crippen LogP contribution in [-0.4, -0.2) is 77.3 Å². The average Bonchev–Trinajstić information content (AvgIpc) is 2.96. The van der Waals surface area contributed by atoms with Crippen molar-refractivity contribution in [3.63, 3.8) is 0 Å². The molecule has 1 saturated heterocycles. The third-order valence-electron chi connectivity index (χ3n) is 8.17. The van der Waals surface area contributed by atoms with Gasteiger partial charge in [0.2, 0.25) is 5.91 Å². The molecule has 3 aromatic carbocycles. The van der Waals surface area contributed by atoms with E-state index < -0.39 is 37.2 Å². The second kappa shape index (κ2) is 13.7. The van der Waals surface area contributed by atoms with Gasteiger partial charge in [0.25, 0.3) is 0 Å². The van der Waals surface area contributed by atoms with Gasteiger partial charge in [-0.15, -0.1) is 0 Å². The first-order valence-electron chi connectivity index (χ1n) is 14.3. The minimum absolute atomic E-state index is 0.00719. The van der Waals surface area contributed by atoms with Crippen LogP contribution < -0.4 is 0 Å². The van der Waals surface area contributed by atoms with Gasteiger partial charge in [-0.2, -0.15) is 0 Å². The van der Waals surface area contributed by atoms with E-state index in [-0.39, 0.29) is 33.7 Å². The highest BCUT2D eigenvalue weighted by atomic mass is 32.2. The predicted octanol–water partition coefficient (Wildman–Crippen LogP) is 4.85. The zero-order valence-electron chi connectivity index (χ0n) is 24.7. The van der Waals surface area contributed by atoms with Crippen molar-refractivity contribution >= 4 is 25.6 Å². The number of amides is 1. The maximum absolute atomic E-state index is 14.9. The van der Waals surface area contributed by atoms with E-state index in [1.54, 1.807) is 30.3 Å². The largest absolute Gasteiger partial charge is 0.340 e. The van der Waals surface area contributed by atoms with E-state index in [9.17, 15) is 30.4 Å². The number of nitrogens with zero attached hydrogens (tertiary/aromatic N) is 2. The Morgan fingerprint density at radius 3 is 1.98 bits per heavy atom. The number of sulfone groups is 2. The number of likely N-dealkylation sites (tertiary alicyclic amines) is 1. The van der Waals surface area contributed by atoms with Crippen molar-refractivity contribution < 1.29 is 30.4 Å². The van der Waals surface area contributed by atoms with E-state index in [2.05, 4.69) is 4.90 Å². The molecule has 0 saturated carbocycles. The molecule has 1 aliphatic rings. The molecular weight excluding hydrogens is 594 g/mol. The Bertz CT molecular complexity index is 1640. The van der Waals surface area contributed by atoms with Gasteiger partial charge in [-0.05, 0) is 79.8 Å². The molecule has 0 radical (unpaired) electrons. The van der Waals surface area contributed by atoms with E-state index in [0.29, 0.717) is 25.1 Å². The topological polar surface area (TPSA) is 91.8 Å². The number of halogens is 2. The van der Waals surface area contributed by atoms with Crippen LogP contribution in [0, 0.1) is 11.6 Å². The second-order valence-electron chi connectivity index (χ2n) is 11.2. The second-order valence-corrected chi connectivity index (χ2v) is 15.2. The first-order chi connectivity index (χ1) is 20.3. The molecule has 0 spiro atoms. The number of piperidine rings is 1. The third-order valence-corrected chi connectivity index (χ3v) is 10.4. The number of rotatable bonds is 11. The van der Waals surface area contributed by atoms with Gasteiger partial charge in [-0.3, -0.25) is 4.79 Å². The molecule has 11 heteroatoms. The standard InChI is InChI=1S/C32H38F2N2O5S2/c1-4-36(31(37)22-23-8-12-26(13-9-23)42(2,38)39)25-16-19-35(20-17-25)21-18-28(29-6-5-7-30(33)32(29)34)24-10-14-27(15-11-24)43(3,40)41/h5-15,25,28H,4,16-22H2,1-3H3/t28-/m1/s1. The molecule has 0 aliphatic carbocycles. The van der Waals surface area contributed by atoms with Crippen molar-refractivity contribution in [2.45, 2.75) is 54.4 Å². The fourth-order valence-corrected chi connectivity index (χ4v) is 7.03. The van der Waals surface area contributed by atoms with Crippen molar-refractivity contribution in [3.8, 4) is 0 Å². The van der Waals surface area contributed by atoms with Crippen LogP contribution in [0.1, 0.15) is 48.8 Å². The zero-order chi connectivity index (χ0) is 31.4. The van der Waals surface area contributed by atoms with Gasteiger partial charge >= 0.3 is 0 Å². The van der Waals surface area contributed by atoms with Crippen LogP contribution in [0.25, 0.3) is 0 Å². The Kier molecular flexibility index (Phi) is 10.4. The lowest BCUT2D eigenvalue weighted by Crippen LogP contribution is -2.48. The lowest BCUT2D eigenvalue weighted by atomic mass is 9.87. The van der Waals surface area contributed by atoms with E-state index in [1.165, 1.54) is 30.3 Å². The van der Waals surface area contributed by atoms with Crippen molar-refractivity contribution in [2.75, 3.05) is 38.7 Å². The van der Waals surface area contributed by atoms with Crippen molar-refractivity contribution in [1.29, 1.82) is 0 Å². The molecule has 0 unspecified atom stereocenters. The number of carbonyl (C=O) groups is 1. The van der Waals surface area contributed by atoms with E-state index >= 15 is 0 Å². The van der Waals surface area contributed by atoms with Crippen LogP contribution in [-0.2, 0) is 30.9 Å². The maximum Gasteiger partial charge on any atom is 0.227 e. The van der Waals surface area contributed by atoms with Crippen LogP contribution in [0.2, 0.25) is 0 Å². The van der Waals surface area contributed by atoms with Gasteiger partial charge < -0.3 is 9.80 Å². The predicted molar refractivity (Wildman–Crippen MR) is 162 cm³/mol. The minimum Gasteiger partial charge on any atom is -0.340 e. The van der Waals surface area contributed by atoms with Gasteiger partial charge in [0.15, 0.2) is 31.3 Å². The highest BCUT2D eigenvalue weighted by Gasteiger charge is 2.28. The Hall–Kier alpha value is -3.15. The summed E-state index contributed by atoms with van der Waals surface area (Å²) in [7, 11) is -6.69. The number of hydrogen-bond acceptors (Lipinski definition) is 6. The summed E-state index contributed by atoms with van der Waals surface area (Å²) < 4.78 is 76.4. The first-order valence-corrected chi connectivity index (χ1v) is 18.1. The van der Waals surface area contributed by atoms with Gasteiger partial charge in [-0.25, -0.2) is 25.6 Å². The monoisotopic (exact) mass is 632 g/mol. The molecule has 1 amide bonds. The normalized spacial score (nSPS) is 15.7. The van der Waals surface area contributed by atoms with Crippen LogP contribution in [0.5, 0.6) is 0 Å². The van der Waals surface area contributed by atoms with Gasteiger partial charge in [0.05, 0.1) is 16.2 Å². The van der Waals surface area contributed by atoms with Crippen molar-refractivity contribution in [1.82, 2.24) is 9.80 Å². The van der Waals surface area contributed by atoms with E-state index in [0.717, 1.165) is 50.1 Å². The SMILES string of the molecule is CCN(C(=O)Cc1ccc(S(C)(=O)=O)cc1)C1CCN(CC[C@H](c2ccc(S(C)(=O)=O)cc2)c2cccc(F)c2F)CC1. The summed E-state index contributed by atoms with van der Waals surface area (Å²) in [6, 6.07) is 16.9. The molecule has 0 bridgehead atoms. The van der Waals surface area contributed by atoms with Crippen molar-refractivity contribution in [3.05, 3.63) is 95.1 Å². The van der Waals surface area contributed by atoms with Crippen LogP contribution in [0.15, 0.2) is 76.5 Å². The lowest BCUT2D eigenvalue weighted by molar-refractivity contribution is -0.133. The summed E-state index contributed by atoms with van der Waals surface area (Å²) in [5.41, 5.74) is 1.70. The molecule has 232 valence electrons. The molecule has 43 heavy (non-hydrogen) atoms. The molecule has 1 atom stereocenters. The Morgan fingerprint density at radius 2 is 1.44 bits per heavy atom. The van der Waals surface area contributed by atoms with E-state index in [4.69, 9.17) is 0 Å². The highest BCUT2D eigenvalue weighted by molar-refractivity contribution is 7.91. The smallest absolute Gasteiger partial charge is 0.227 e. The van der Waals surface area contributed by atoms with Gasteiger partial charge in [0.1, 0.15) is 0 Å². The Morgan fingerprint density at radius 1 is 0.884 bits per heavy atom. The quantitative estimate of drug-likeness (QED) is 0.300. The summed E-state index contributed by atoms with van der Waals surface area (Å²) in [5, 5.41) is 0. The molecule has 7 nitrogen and oxygen atoms in total. The fourth-order valence-electron chi connectivity index (χ4n) is 5.77. The van der Waals surface area contributed by atoms with Crippen LogP contribution in [0.3, 0.4) is 0 Å². The summed E-state index contributed by atoms with van der Waals surface area (Å²) in [6.45, 7) is 4.61. The zero-order valence-corrected chi connectivity index (χ0v) is 26.3. The molecule has 1 fully saturated rings. The molecule has 0 N–H and O–H groups in total. The molecule has 1 aliphatic heterocycles. The van der Waals surface area contributed by atoms with Crippen LogP contribution >= 0.6 is 0 Å². The fraction of sp³-hybridized carbons (Fsp3) is 0.406. The lowest BCUT2D eigenvalue weighted by Gasteiger charge is -2.38.